The van der Waals surface area contributed by atoms with E-state index < -0.39 is 5.63 Å². The van der Waals surface area contributed by atoms with E-state index in [0.29, 0.717) is 27.4 Å². The average molecular weight is 450 g/mol. The van der Waals surface area contributed by atoms with Gasteiger partial charge in [-0.1, -0.05) is 34.1 Å². The van der Waals surface area contributed by atoms with E-state index in [1.54, 1.807) is 23.7 Å². The zero-order valence-electron chi connectivity index (χ0n) is 14.3. The highest BCUT2D eigenvalue weighted by Gasteiger charge is 2.14. The van der Waals surface area contributed by atoms with Crippen molar-refractivity contribution in [3.05, 3.63) is 86.1 Å². The molecule has 1 N–H and O–H groups in total. The number of nitriles is 1. The lowest BCUT2D eigenvalue weighted by atomic mass is 10.1. The van der Waals surface area contributed by atoms with Crippen LogP contribution < -0.4 is 10.9 Å². The van der Waals surface area contributed by atoms with E-state index in [9.17, 15) is 10.1 Å². The van der Waals surface area contributed by atoms with Gasteiger partial charge in [0.05, 0.1) is 11.3 Å². The molecule has 28 heavy (non-hydrogen) atoms. The molecule has 5 nitrogen and oxygen atoms in total. The van der Waals surface area contributed by atoms with Crippen LogP contribution in [-0.2, 0) is 0 Å². The predicted octanol–water partition coefficient (Wildman–Crippen LogP) is 5.66. The first-order chi connectivity index (χ1) is 13.6. The fraction of sp³-hybridized carbons (Fsp3) is 0. The van der Waals surface area contributed by atoms with Gasteiger partial charge in [-0.15, -0.1) is 11.3 Å². The summed E-state index contributed by atoms with van der Waals surface area (Å²) in [5.41, 5.74) is 2.15. The smallest absolute Gasteiger partial charge is 0.345 e. The molecule has 0 aliphatic heterocycles. The molecule has 0 bridgehead atoms. The molecule has 2 aromatic heterocycles. The van der Waals surface area contributed by atoms with Gasteiger partial charge in [-0.2, -0.15) is 5.26 Å². The van der Waals surface area contributed by atoms with Crippen molar-refractivity contribution in [1.82, 2.24) is 4.98 Å². The number of hydrogen-bond donors (Lipinski definition) is 1. The zero-order chi connectivity index (χ0) is 19.5. The first-order valence-corrected chi connectivity index (χ1v) is 9.93. The molecule has 0 amide bonds. The van der Waals surface area contributed by atoms with Crippen LogP contribution in [0.3, 0.4) is 0 Å². The molecule has 0 aliphatic rings. The van der Waals surface area contributed by atoms with E-state index in [1.165, 1.54) is 11.3 Å². The summed E-state index contributed by atoms with van der Waals surface area (Å²) in [5.74, 6) is 0. The van der Waals surface area contributed by atoms with Crippen molar-refractivity contribution in [3.63, 3.8) is 0 Å². The lowest BCUT2D eigenvalue weighted by molar-refractivity contribution is 0.563. The molecule has 0 aliphatic carbocycles. The second-order valence-electron chi connectivity index (χ2n) is 5.85. The number of aromatic nitrogens is 1. The maximum Gasteiger partial charge on any atom is 0.345 e. The van der Waals surface area contributed by atoms with E-state index >= 15 is 0 Å². The van der Waals surface area contributed by atoms with Crippen LogP contribution in [0, 0.1) is 11.3 Å². The van der Waals surface area contributed by atoms with Gasteiger partial charge in [0.15, 0.2) is 0 Å². The number of benzene rings is 2. The number of hydrogen-bond acceptors (Lipinski definition) is 6. The van der Waals surface area contributed by atoms with Crippen molar-refractivity contribution in [1.29, 1.82) is 5.26 Å². The minimum absolute atomic E-state index is 0.362. The highest BCUT2D eigenvalue weighted by molar-refractivity contribution is 9.10. The van der Waals surface area contributed by atoms with Gasteiger partial charge in [0.1, 0.15) is 22.2 Å². The normalized spacial score (nSPS) is 11.4. The molecule has 0 unspecified atom stereocenters. The molecule has 4 aromatic rings. The van der Waals surface area contributed by atoms with Crippen molar-refractivity contribution in [2.45, 2.75) is 0 Å². The van der Waals surface area contributed by atoms with Crippen LogP contribution in [0.15, 0.2) is 79.9 Å². The van der Waals surface area contributed by atoms with Crippen LogP contribution in [0.4, 0.5) is 5.69 Å². The van der Waals surface area contributed by atoms with Gasteiger partial charge >= 0.3 is 5.63 Å². The van der Waals surface area contributed by atoms with E-state index in [0.717, 1.165) is 15.5 Å². The number of anilines is 1. The largest absolute Gasteiger partial charge is 0.422 e. The number of allylic oxidation sites excluding steroid dienone is 1. The summed E-state index contributed by atoms with van der Waals surface area (Å²) in [7, 11) is 0. The molecule has 0 saturated carbocycles. The monoisotopic (exact) mass is 449 g/mol. The maximum absolute atomic E-state index is 12.4. The van der Waals surface area contributed by atoms with E-state index in [4.69, 9.17) is 4.42 Å². The average Bonchev–Trinajstić information content (AvgIpc) is 3.19. The third-order valence-corrected chi connectivity index (χ3v) is 5.35. The highest BCUT2D eigenvalue weighted by Crippen LogP contribution is 2.27. The Labute approximate surface area is 172 Å². The van der Waals surface area contributed by atoms with Crippen LogP contribution in [0.25, 0.3) is 27.8 Å². The minimum atomic E-state index is -0.462. The van der Waals surface area contributed by atoms with Crippen molar-refractivity contribution < 1.29 is 4.42 Å². The van der Waals surface area contributed by atoms with Crippen molar-refractivity contribution in [2.24, 2.45) is 0 Å². The summed E-state index contributed by atoms with van der Waals surface area (Å²) >= 11 is 4.71. The highest BCUT2D eigenvalue weighted by atomic mass is 79.9. The van der Waals surface area contributed by atoms with Gasteiger partial charge < -0.3 is 9.73 Å². The first-order valence-electron chi connectivity index (χ1n) is 8.25. The Hall–Kier alpha value is -3.21. The third-order valence-electron chi connectivity index (χ3n) is 3.98. The maximum atomic E-state index is 12.4. The molecular weight excluding hydrogens is 438 g/mol. The summed E-state index contributed by atoms with van der Waals surface area (Å²) in [5, 5.41) is 15.6. The number of halogens is 1. The van der Waals surface area contributed by atoms with Crippen LogP contribution in [0.1, 0.15) is 5.01 Å². The van der Waals surface area contributed by atoms with Crippen LogP contribution in [-0.4, -0.2) is 4.98 Å². The summed E-state index contributed by atoms with van der Waals surface area (Å²) in [6, 6.07) is 18.9. The predicted molar refractivity (Wildman–Crippen MR) is 115 cm³/mol. The van der Waals surface area contributed by atoms with Gasteiger partial charge in [0.2, 0.25) is 0 Å². The molecular formula is C21H12BrN3O2S. The topological polar surface area (TPSA) is 78.9 Å². The molecule has 0 spiro atoms. The van der Waals surface area contributed by atoms with Crippen LogP contribution in [0.2, 0.25) is 0 Å². The molecule has 136 valence electrons. The van der Waals surface area contributed by atoms with Crippen molar-refractivity contribution in [3.8, 4) is 17.3 Å². The number of thiazole rings is 1. The van der Waals surface area contributed by atoms with E-state index in [2.05, 4.69) is 32.3 Å². The number of rotatable bonds is 4. The molecule has 7 heteroatoms. The Morgan fingerprint density at radius 2 is 2.04 bits per heavy atom. The quantitative estimate of drug-likeness (QED) is 0.321. The SMILES string of the molecule is N#C/C(=C\Nc1ccccc1)c1nc(-c2cc3cc(Br)ccc3oc2=O)cs1. The summed E-state index contributed by atoms with van der Waals surface area (Å²) in [6.07, 6.45) is 1.61. The Morgan fingerprint density at radius 3 is 2.82 bits per heavy atom. The fourth-order valence-electron chi connectivity index (χ4n) is 2.63. The van der Waals surface area contributed by atoms with E-state index in [-0.39, 0.29) is 0 Å². The Morgan fingerprint density at radius 1 is 1.21 bits per heavy atom. The molecule has 2 aromatic carbocycles. The van der Waals surface area contributed by atoms with Gasteiger partial charge in [-0.05, 0) is 36.4 Å². The van der Waals surface area contributed by atoms with Crippen molar-refractivity contribution in [2.75, 3.05) is 5.32 Å². The number of fused-ring (bicyclic) bond motifs is 1. The van der Waals surface area contributed by atoms with Crippen LogP contribution >= 0.6 is 27.3 Å². The van der Waals surface area contributed by atoms with Gasteiger partial charge in [0.25, 0.3) is 0 Å². The molecule has 0 radical (unpaired) electrons. The lowest BCUT2D eigenvalue weighted by Crippen LogP contribution is -2.03. The first kappa shape index (κ1) is 18.2. The molecule has 0 saturated heterocycles. The van der Waals surface area contributed by atoms with Gasteiger partial charge in [0, 0.05) is 27.1 Å². The van der Waals surface area contributed by atoms with E-state index in [1.807, 2.05) is 42.5 Å². The Bertz CT molecular complexity index is 1290. The Balaban J connectivity index is 1.69. The van der Waals surface area contributed by atoms with Gasteiger partial charge in [-0.25, -0.2) is 9.78 Å². The minimum Gasteiger partial charge on any atom is -0.422 e. The molecule has 0 fully saturated rings. The number of para-hydroxylation sites is 1. The summed E-state index contributed by atoms with van der Waals surface area (Å²) in [4.78, 5) is 16.8. The standard InChI is InChI=1S/C21H12BrN3O2S/c22-15-6-7-19-13(8-15)9-17(21(26)27-19)18-12-28-20(25-18)14(10-23)11-24-16-4-2-1-3-5-16/h1-9,11-12,24H/b14-11+. The third kappa shape index (κ3) is 3.74. The summed E-state index contributed by atoms with van der Waals surface area (Å²) < 4.78 is 6.29. The molecule has 0 atom stereocenters. The van der Waals surface area contributed by atoms with Gasteiger partial charge in [-0.3, -0.25) is 0 Å². The Kier molecular flexibility index (Phi) is 5.06. The fourth-order valence-corrected chi connectivity index (χ4v) is 3.79. The second-order valence-corrected chi connectivity index (χ2v) is 7.62. The number of nitrogens with zero attached hydrogens (tertiary/aromatic N) is 2. The number of nitrogens with one attached hydrogen (secondary N) is 1. The van der Waals surface area contributed by atoms with Crippen LogP contribution in [0.5, 0.6) is 0 Å². The van der Waals surface area contributed by atoms with Crippen molar-refractivity contribution >= 4 is 49.5 Å². The molecule has 2 heterocycles. The summed E-state index contributed by atoms with van der Waals surface area (Å²) in [6.45, 7) is 0. The molecule has 4 rings (SSSR count). The lowest BCUT2D eigenvalue weighted by Gasteiger charge is -2.01. The second kappa shape index (κ2) is 7.80. The zero-order valence-corrected chi connectivity index (χ0v) is 16.8.